The minimum Gasteiger partial charge on any atom is -0.480 e. The normalized spacial score (nSPS) is 14.0. The van der Waals surface area contributed by atoms with Crippen LogP contribution >= 0.6 is 7.82 Å². The van der Waals surface area contributed by atoms with Crippen molar-refractivity contribution in [3.05, 3.63) is 0 Å². The fraction of sp³-hybridized carbons (Fsp3) is 0.947. The molecule has 5 N–H and O–H groups in total. The number of carboxylic acids is 1. The first-order valence-electron chi connectivity index (χ1n) is 20.2. The minimum absolute atomic E-state index is 0.136. The first kappa shape index (κ1) is 48.0. The second-order valence-corrected chi connectivity index (χ2v) is 15.4. The molecule has 0 heterocycles. The van der Waals surface area contributed by atoms with Crippen molar-refractivity contribution in [1.29, 1.82) is 0 Å². The van der Waals surface area contributed by atoms with E-state index in [-0.39, 0.29) is 19.1 Å². The SMILES string of the molecule is CCCCCCCCCCCCCCCCOC[C@H](COP(=O)(O)OC[C@H](N)C(=O)O)NC(=O)CCCCCCCCCCCCCCC. The van der Waals surface area contributed by atoms with Gasteiger partial charge in [-0.15, -0.1) is 0 Å². The molecule has 3 atom stereocenters. The average molecular weight is 721 g/mol. The number of amides is 1. The highest BCUT2D eigenvalue weighted by molar-refractivity contribution is 7.47. The Balaban J connectivity index is 4.24. The van der Waals surface area contributed by atoms with Crippen LogP contribution in [0.2, 0.25) is 0 Å². The third-order valence-corrected chi connectivity index (χ3v) is 9.96. The van der Waals surface area contributed by atoms with Crippen LogP contribution in [-0.2, 0) is 27.9 Å². The first-order valence-corrected chi connectivity index (χ1v) is 21.7. The van der Waals surface area contributed by atoms with Gasteiger partial charge in [0.15, 0.2) is 0 Å². The Hall–Kier alpha value is -1.03. The van der Waals surface area contributed by atoms with Gasteiger partial charge in [-0.3, -0.25) is 18.6 Å². The van der Waals surface area contributed by atoms with Crippen molar-refractivity contribution >= 4 is 19.7 Å². The lowest BCUT2D eigenvalue weighted by Gasteiger charge is -2.21. The van der Waals surface area contributed by atoms with E-state index < -0.39 is 32.5 Å². The van der Waals surface area contributed by atoms with Crippen LogP contribution in [0.3, 0.4) is 0 Å². The van der Waals surface area contributed by atoms with E-state index in [1.165, 1.54) is 141 Å². The summed E-state index contributed by atoms with van der Waals surface area (Å²) in [6, 6.07) is -2.09. The predicted octanol–water partition coefficient (Wildman–Crippen LogP) is 10.00. The molecule has 0 rings (SSSR count). The maximum atomic E-state index is 12.7. The van der Waals surface area contributed by atoms with Gasteiger partial charge in [0.1, 0.15) is 6.04 Å². The van der Waals surface area contributed by atoms with Gasteiger partial charge < -0.3 is 25.8 Å². The molecule has 49 heavy (non-hydrogen) atoms. The molecule has 0 aromatic heterocycles. The molecule has 0 radical (unpaired) electrons. The standard InChI is InChI=1S/C38H77N2O8P/c1-3-5-7-9-11-13-15-17-19-21-23-25-27-29-31-46-32-35(33-47-49(44,45)48-34-36(39)38(42)43)40-37(41)30-28-26-24-22-20-18-16-14-12-10-8-6-4-2/h35-36H,3-34,39H2,1-2H3,(H,40,41)(H,42,43)(H,44,45)/t35-,36+/m1/s1. The van der Waals surface area contributed by atoms with Gasteiger partial charge in [-0.25, -0.2) is 4.57 Å². The van der Waals surface area contributed by atoms with E-state index in [2.05, 4.69) is 19.2 Å². The number of phosphoric ester groups is 1. The van der Waals surface area contributed by atoms with Crippen LogP contribution in [0, 0.1) is 0 Å². The largest absolute Gasteiger partial charge is 0.480 e. The fourth-order valence-corrected chi connectivity index (χ4v) is 6.62. The Morgan fingerprint density at radius 2 is 0.959 bits per heavy atom. The van der Waals surface area contributed by atoms with Crippen molar-refractivity contribution in [3.63, 3.8) is 0 Å². The fourth-order valence-electron chi connectivity index (χ4n) is 5.83. The van der Waals surface area contributed by atoms with E-state index >= 15 is 0 Å². The zero-order valence-electron chi connectivity index (χ0n) is 31.7. The smallest absolute Gasteiger partial charge is 0.472 e. The number of carbonyl (C=O) groups is 2. The van der Waals surface area contributed by atoms with Crippen LogP contribution in [0.4, 0.5) is 0 Å². The Morgan fingerprint density at radius 3 is 1.37 bits per heavy atom. The number of carboxylic acid groups (broad SMARTS) is 1. The van der Waals surface area contributed by atoms with Crippen LogP contribution in [0.15, 0.2) is 0 Å². The molecule has 0 aliphatic carbocycles. The van der Waals surface area contributed by atoms with Gasteiger partial charge in [0.05, 0.1) is 25.9 Å². The number of nitrogens with one attached hydrogen (secondary N) is 1. The Labute approximate surface area is 300 Å². The molecule has 0 fully saturated rings. The molecule has 1 amide bonds. The number of hydrogen-bond donors (Lipinski definition) is 4. The van der Waals surface area contributed by atoms with Crippen LogP contribution in [0.5, 0.6) is 0 Å². The van der Waals surface area contributed by atoms with Gasteiger partial charge in [-0.05, 0) is 12.8 Å². The third-order valence-electron chi connectivity index (χ3n) is 9.01. The van der Waals surface area contributed by atoms with Crippen molar-refractivity contribution in [2.24, 2.45) is 5.73 Å². The summed E-state index contributed by atoms with van der Waals surface area (Å²) in [6.45, 7) is 4.19. The number of hydrogen-bond acceptors (Lipinski definition) is 7. The van der Waals surface area contributed by atoms with E-state index in [1.807, 2.05) is 0 Å². The van der Waals surface area contributed by atoms with Gasteiger partial charge in [-0.1, -0.05) is 174 Å². The molecule has 11 heteroatoms. The quantitative estimate of drug-likeness (QED) is 0.0358. The molecule has 0 aliphatic heterocycles. The molecule has 0 saturated heterocycles. The Morgan fingerprint density at radius 1 is 0.592 bits per heavy atom. The van der Waals surface area contributed by atoms with E-state index in [1.54, 1.807) is 0 Å². The highest BCUT2D eigenvalue weighted by Crippen LogP contribution is 2.43. The number of unbranched alkanes of at least 4 members (excludes halogenated alkanes) is 25. The molecule has 0 aliphatic rings. The lowest BCUT2D eigenvalue weighted by atomic mass is 10.0. The monoisotopic (exact) mass is 721 g/mol. The van der Waals surface area contributed by atoms with Gasteiger partial charge in [0.25, 0.3) is 0 Å². The maximum Gasteiger partial charge on any atom is 0.472 e. The average Bonchev–Trinajstić information content (AvgIpc) is 3.07. The molecular weight excluding hydrogens is 643 g/mol. The number of aliphatic carboxylic acids is 1. The van der Waals surface area contributed by atoms with E-state index in [0.29, 0.717) is 13.0 Å². The highest BCUT2D eigenvalue weighted by atomic mass is 31.2. The molecule has 0 aromatic rings. The van der Waals surface area contributed by atoms with Crippen LogP contribution in [0.1, 0.15) is 194 Å². The van der Waals surface area contributed by atoms with Gasteiger partial charge in [0.2, 0.25) is 5.91 Å². The molecular formula is C38H77N2O8P. The molecule has 10 nitrogen and oxygen atoms in total. The summed E-state index contributed by atoms with van der Waals surface area (Å²) in [7, 11) is -4.56. The van der Waals surface area contributed by atoms with E-state index in [4.69, 9.17) is 24.6 Å². The highest BCUT2D eigenvalue weighted by Gasteiger charge is 2.26. The van der Waals surface area contributed by atoms with Crippen molar-refractivity contribution in [1.82, 2.24) is 5.32 Å². The summed E-state index contributed by atoms with van der Waals surface area (Å²) in [5, 5.41) is 11.7. The van der Waals surface area contributed by atoms with Crippen molar-refractivity contribution in [3.8, 4) is 0 Å². The molecule has 292 valence electrons. The first-order chi connectivity index (χ1) is 23.7. The molecule has 0 bridgehead atoms. The molecule has 0 saturated carbocycles. The van der Waals surface area contributed by atoms with Gasteiger partial charge in [0, 0.05) is 13.0 Å². The molecule has 0 spiro atoms. The van der Waals surface area contributed by atoms with Crippen LogP contribution < -0.4 is 11.1 Å². The number of ether oxygens (including phenoxy) is 1. The minimum atomic E-state index is -4.56. The van der Waals surface area contributed by atoms with Crippen molar-refractivity contribution < 1.29 is 37.9 Å². The van der Waals surface area contributed by atoms with Gasteiger partial charge in [-0.2, -0.15) is 0 Å². The third kappa shape index (κ3) is 35.2. The molecule has 0 aromatic carbocycles. The van der Waals surface area contributed by atoms with Crippen molar-refractivity contribution in [2.75, 3.05) is 26.4 Å². The summed E-state index contributed by atoms with van der Waals surface area (Å²) in [5.41, 5.74) is 5.35. The summed E-state index contributed by atoms with van der Waals surface area (Å²) in [5.74, 6) is -1.51. The maximum absolute atomic E-state index is 12.7. The number of rotatable bonds is 39. The zero-order valence-corrected chi connectivity index (χ0v) is 32.5. The van der Waals surface area contributed by atoms with E-state index in [9.17, 15) is 19.0 Å². The Bertz CT molecular complexity index is 804. The molecule has 1 unspecified atom stereocenters. The number of phosphoric acid groups is 1. The van der Waals surface area contributed by atoms with E-state index in [0.717, 1.165) is 32.1 Å². The second-order valence-electron chi connectivity index (χ2n) is 13.9. The lowest BCUT2D eigenvalue weighted by Crippen LogP contribution is -2.41. The summed E-state index contributed by atoms with van der Waals surface area (Å²) in [6.07, 6.45) is 34.2. The predicted molar refractivity (Wildman–Crippen MR) is 201 cm³/mol. The van der Waals surface area contributed by atoms with Crippen molar-refractivity contribution in [2.45, 2.75) is 206 Å². The Kier molecular flexibility index (Phi) is 34.6. The van der Waals surface area contributed by atoms with Crippen LogP contribution in [-0.4, -0.2) is 60.4 Å². The lowest BCUT2D eigenvalue weighted by molar-refractivity contribution is -0.139. The number of carbonyl (C=O) groups excluding carboxylic acids is 1. The second kappa shape index (κ2) is 35.4. The summed E-state index contributed by atoms with van der Waals surface area (Å²) >= 11 is 0. The zero-order chi connectivity index (χ0) is 36.3. The van der Waals surface area contributed by atoms with Gasteiger partial charge >= 0.3 is 13.8 Å². The van der Waals surface area contributed by atoms with Crippen LogP contribution in [0.25, 0.3) is 0 Å². The summed E-state index contributed by atoms with van der Waals surface area (Å²) < 4.78 is 27.9. The summed E-state index contributed by atoms with van der Waals surface area (Å²) in [4.78, 5) is 33.5. The number of nitrogens with two attached hydrogens (primary N) is 1. The topological polar surface area (TPSA) is 157 Å².